The van der Waals surface area contributed by atoms with Gasteiger partial charge < -0.3 is 28.6 Å². The molecule has 0 atom stereocenters. The van der Waals surface area contributed by atoms with Crippen molar-refractivity contribution in [1.29, 1.82) is 5.26 Å². The molecular weight excluding hydrogens is 416 g/mol. The molecule has 32 heavy (non-hydrogen) atoms. The Labute approximate surface area is 187 Å². The van der Waals surface area contributed by atoms with Gasteiger partial charge >= 0.3 is 5.97 Å². The molecule has 0 saturated carbocycles. The zero-order chi connectivity index (χ0) is 23.5. The van der Waals surface area contributed by atoms with Gasteiger partial charge in [0, 0.05) is 12.2 Å². The van der Waals surface area contributed by atoms with Crippen LogP contribution < -0.4 is 23.8 Å². The maximum atomic E-state index is 12.8. The molecule has 0 saturated heterocycles. The largest absolute Gasteiger partial charge is 0.494 e. The smallest absolute Gasteiger partial charge is 0.338 e. The molecule has 2 aromatic carbocycles. The first-order valence-electron chi connectivity index (χ1n) is 9.86. The van der Waals surface area contributed by atoms with Crippen LogP contribution in [0.25, 0.3) is 0 Å². The highest BCUT2D eigenvalue weighted by Crippen LogP contribution is 2.38. The lowest BCUT2D eigenvalue weighted by Crippen LogP contribution is -2.35. The summed E-state index contributed by atoms with van der Waals surface area (Å²) in [6, 6.07) is 11.8. The zero-order valence-corrected chi connectivity index (χ0v) is 18.5. The molecule has 9 heteroatoms. The van der Waals surface area contributed by atoms with E-state index in [4.69, 9.17) is 28.9 Å². The molecule has 170 valence electrons. The van der Waals surface area contributed by atoms with Crippen molar-refractivity contribution in [2.24, 2.45) is 0 Å². The highest BCUT2D eigenvalue weighted by Gasteiger charge is 2.21. The molecule has 0 spiro atoms. The SMILES string of the molecule is CCOc1ccc(N(CCC#N)C(=O)COC(=O)c2cc(OC)c(OC)c(OC)c2)cc1. The van der Waals surface area contributed by atoms with Crippen molar-refractivity contribution in [2.75, 3.05) is 46.0 Å². The van der Waals surface area contributed by atoms with Gasteiger partial charge in [0.05, 0.1) is 46.0 Å². The number of esters is 1. The van der Waals surface area contributed by atoms with Crippen LogP contribution in [0.3, 0.4) is 0 Å². The zero-order valence-electron chi connectivity index (χ0n) is 18.5. The number of ether oxygens (including phenoxy) is 5. The fourth-order valence-corrected chi connectivity index (χ4v) is 2.94. The topological polar surface area (TPSA) is 107 Å². The Bertz CT molecular complexity index is 942. The summed E-state index contributed by atoms with van der Waals surface area (Å²) >= 11 is 0. The van der Waals surface area contributed by atoms with Crippen molar-refractivity contribution in [3.8, 4) is 29.1 Å². The van der Waals surface area contributed by atoms with Crippen LogP contribution in [0.1, 0.15) is 23.7 Å². The molecule has 0 heterocycles. The number of nitrogens with zero attached hydrogens (tertiary/aromatic N) is 2. The molecule has 0 fully saturated rings. The average molecular weight is 442 g/mol. The molecule has 0 bridgehead atoms. The maximum absolute atomic E-state index is 12.8. The maximum Gasteiger partial charge on any atom is 0.338 e. The molecule has 0 radical (unpaired) electrons. The fourth-order valence-electron chi connectivity index (χ4n) is 2.94. The van der Waals surface area contributed by atoms with Crippen LogP contribution in [-0.2, 0) is 9.53 Å². The summed E-state index contributed by atoms with van der Waals surface area (Å²) in [6.45, 7) is 2.05. The van der Waals surface area contributed by atoms with Crippen molar-refractivity contribution < 1.29 is 33.3 Å². The van der Waals surface area contributed by atoms with Gasteiger partial charge in [-0.15, -0.1) is 0 Å². The monoisotopic (exact) mass is 442 g/mol. The summed E-state index contributed by atoms with van der Waals surface area (Å²) < 4.78 is 26.3. The third-order valence-electron chi connectivity index (χ3n) is 4.43. The standard InChI is InChI=1S/C23H26N2O7/c1-5-31-18-9-7-17(8-10-18)25(12-6-11-24)21(26)15-32-23(27)16-13-19(28-2)22(30-4)20(14-16)29-3/h7-10,13-14H,5-6,12,15H2,1-4H3. The van der Waals surface area contributed by atoms with Crippen molar-refractivity contribution in [2.45, 2.75) is 13.3 Å². The third-order valence-corrected chi connectivity index (χ3v) is 4.43. The molecule has 0 aliphatic heterocycles. The Morgan fingerprint density at radius 2 is 1.62 bits per heavy atom. The number of carbonyl (C=O) groups excluding carboxylic acids is 2. The lowest BCUT2D eigenvalue weighted by molar-refractivity contribution is -0.121. The highest BCUT2D eigenvalue weighted by atomic mass is 16.5. The minimum atomic E-state index is -0.732. The van der Waals surface area contributed by atoms with Gasteiger partial charge in [0.1, 0.15) is 5.75 Å². The van der Waals surface area contributed by atoms with E-state index in [0.29, 0.717) is 23.8 Å². The second-order valence-corrected chi connectivity index (χ2v) is 6.37. The number of methoxy groups -OCH3 is 3. The van der Waals surface area contributed by atoms with Gasteiger partial charge in [0.25, 0.3) is 5.91 Å². The lowest BCUT2D eigenvalue weighted by Gasteiger charge is -2.22. The third kappa shape index (κ3) is 6.04. The molecule has 0 aromatic heterocycles. The van der Waals surface area contributed by atoms with Gasteiger partial charge in [-0.05, 0) is 43.3 Å². The Morgan fingerprint density at radius 3 is 2.12 bits per heavy atom. The second-order valence-electron chi connectivity index (χ2n) is 6.37. The predicted molar refractivity (Wildman–Crippen MR) is 117 cm³/mol. The van der Waals surface area contributed by atoms with E-state index in [9.17, 15) is 9.59 Å². The summed E-state index contributed by atoms with van der Waals surface area (Å²) in [7, 11) is 4.31. The van der Waals surface area contributed by atoms with Crippen LogP contribution in [0.4, 0.5) is 5.69 Å². The summed E-state index contributed by atoms with van der Waals surface area (Å²) in [5, 5.41) is 8.94. The van der Waals surface area contributed by atoms with E-state index in [-0.39, 0.29) is 30.0 Å². The summed E-state index contributed by atoms with van der Waals surface area (Å²) in [5.74, 6) is 0.374. The van der Waals surface area contributed by atoms with E-state index in [0.717, 1.165) is 0 Å². The number of hydrogen-bond donors (Lipinski definition) is 0. The molecule has 1 amide bonds. The van der Waals surface area contributed by atoms with Crippen LogP contribution in [0, 0.1) is 11.3 Å². The average Bonchev–Trinajstić information content (AvgIpc) is 2.82. The minimum Gasteiger partial charge on any atom is -0.494 e. The first-order valence-corrected chi connectivity index (χ1v) is 9.86. The van der Waals surface area contributed by atoms with Gasteiger partial charge in [0.15, 0.2) is 18.1 Å². The number of anilines is 1. The molecule has 2 rings (SSSR count). The van der Waals surface area contributed by atoms with Gasteiger partial charge in [0.2, 0.25) is 5.75 Å². The number of rotatable bonds is 11. The summed E-state index contributed by atoms with van der Waals surface area (Å²) in [5.41, 5.74) is 0.703. The second kappa shape index (κ2) is 12.1. The van der Waals surface area contributed by atoms with E-state index in [1.807, 2.05) is 13.0 Å². The number of carbonyl (C=O) groups is 2. The molecule has 2 aromatic rings. The van der Waals surface area contributed by atoms with Gasteiger partial charge in [-0.1, -0.05) is 0 Å². The predicted octanol–water partition coefficient (Wildman–Crippen LogP) is 3.21. The van der Waals surface area contributed by atoms with Crippen molar-refractivity contribution in [3.63, 3.8) is 0 Å². The van der Waals surface area contributed by atoms with Crippen LogP contribution in [0.2, 0.25) is 0 Å². The molecular formula is C23H26N2O7. The van der Waals surface area contributed by atoms with Crippen LogP contribution >= 0.6 is 0 Å². The van der Waals surface area contributed by atoms with Crippen molar-refractivity contribution in [1.82, 2.24) is 0 Å². The summed E-state index contributed by atoms with van der Waals surface area (Å²) in [6.07, 6.45) is 0.125. The number of nitriles is 1. The van der Waals surface area contributed by atoms with E-state index in [2.05, 4.69) is 0 Å². The number of benzene rings is 2. The molecule has 0 aliphatic rings. The molecule has 0 aliphatic carbocycles. The molecule has 0 unspecified atom stereocenters. The number of hydrogen-bond acceptors (Lipinski definition) is 8. The lowest BCUT2D eigenvalue weighted by atomic mass is 10.2. The van der Waals surface area contributed by atoms with Crippen LogP contribution in [-0.4, -0.2) is 53.0 Å². The quantitative estimate of drug-likeness (QED) is 0.488. The normalized spacial score (nSPS) is 9.97. The van der Waals surface area contributed by atoms with Crippen LogP contribution in [0.15, 0.2) is 36.4 Å². The van der Waals surface area contributed by atoms with E-state index in [1.165, 1.54) is 38.4 Å². The van der Waals surface area contributed by atoms with Gasteiger partial charge in [-0.25, -0.2) is 4.79 Å². The van der Waals surface area contributed by atoms with E-state index >= 15 is 0 Å². The Hall–Kier alpha value is -3.93. The van der Waals surface area contributed by atoms with Crippen LogP contribution in [0.5, 0.6) is 23.0 Å². The first kappa shape index (κ1) is 24.3. The number of amides is 1. The van der Waals surface area contributed by atoms with E-state index in [1.54, 1.807) is 24.3 Å². The highest BCUT2D eigenvalue weighted by molar-refractivity contribution is 5.97. The Kier molecular flexibility index (Phi) is 9.17. The van der Waals surface area contributed by atoms with E-state index < -0.39 is 18.5 Å². The summed E-state index contributed by atoms with van der Waals surface area (Å²) in [4.78, 5) is 26.7. The van der Waals surface area contributed by atoms with Crippen molar-refractivity contribution >= 4 is 17.6 Å². The Balaban J connectivity index is 2.15. The molecule has 0 N–H and O–H groups in total. The Morgan fingerprint density at radius 1 is 1.00 bits per heavy atom. The van der Waals surface area contributed by atoms with Gasteiger partial charge in [-0.2, -0.15) is 5.26 Å². The van der Waals surface area contributed by atoms with Crippen molar-refractivity contribution in [3.05, 3.63) is 42.0 Å². The van der Waals surface area contributed by atoms with Gasteiger partial charge in [-0.3, -0.25) is 4.79 Å². The first-order chi connectivity index (χ1) is 15.5. The fraction of sp³-hybridized carbons (Fsp3) is 0.348. The minimum absolute atomic E-state index is 0.125. The molecule has 9 nitrogen and oxygen atoms in total.